The standard InChI is InChI=1S/C17H24N4O4S2/c22-13-7-6-12(8-18-13)21(11-4-2-1-3-5-11)17(25)20-16-19-9-15(27-16)26-10-14(23)24/h9,11-12H,1-8,10H2,(H,18,22)(H,23,24)(H,19,20,25)/t12-/m0/s1. The predicted octanol–water partition coefficient (Wildman–Crippen LogP) is 2.77. The van der Waals surface area contributed by atoms with E-state index in [0.29, 0.717) is 24.5 Å². The second-order valence-corrected chi connectivity index (χ2v) is 9.10. The molecule has 2 aliphatic rings. The number of anilines is 1. The van der Waals surface area contributed by atoms with E-state index in [9.17, 15) is 14.4 Å². The molecule has 3 rings (SSSR count). The summed E-state index contributed by atoms with van der Waals surface area (Å²) in [6, 6.07) is -0.0154. The van der Waals surface area contributed by atoms with Crippen molar-refractivity contribution in [3.63, 3.8) is 0 Å². The van der Waals surface area contributed by atoms with Gasteiger partial charge in [-0.2, -0.15) is 0 Å². The lowest BCUT2D eigenvalue weighted by Crippen LogP contribution is -2.55. The molecule has 3 amide bonds. The molecule has 0 bridgehead atoms. The van der Waals surface area contributed by atoms with Gasteiger partial charge in [0.1, 0.15) is 0 Å². The van der Waals surface area contributed by atoms with Gasteiger partial charge in [-0.05, 0) is 19.3 Å². The third-order valence-electron chi connectivity index (χ3n) is 4.87. The molecule has 1 aromatic rings. The normalized spacial score (nSPS) is 20.7. The van der Waals surface area contributed by atoms with Crippen molar-refractivity contribution < 1.29 is 19.5 Å². The van der Waals surface area contributed by atoms with E-state index in [4.69, 9.17) is 5.11 Å². The number of thiazole rings is 1. The fraction of sp³-hybridized carbons (Fsp3) is 0.647. The number of hydrogen-bond acceptors (Lipinski definition) is 6. The van der Waals surface area contributed by atoms with Crippen LogP contribution in [0.2, 0.25) is 0 Å². The average Bonchev–Trinajstić information content (AvgIpc) is 3.10. The van der Waals surface area contributed by atoms with Gasteiger partial charge in [0.05, 0.1) is 22.2 Å². The third kappa shape index (κ3) is 5.58. The Morgan fingerprint density at radius 2 is 2.07 bits per heavy atom. The molecular weight excluding hydrogens is 388 g/mol. The van der Waals surface area contributed by atoms with E-state index >= 15 is 0 Å². The molecule has 2 heterocycles. The second kappa shape index (κ2) is 9.41. The van der Waals surface area contributed by atoms with Crippen molar-refractivity contribution >= 4 is 46.1 Å². The first kappa shape index (κ1) is 19.9. The van der Waals surface area contributed by atoms with E-state index in [1.54, 1.807) is 6.20 Å². The van der Waals surface area contributed by atoms with Crippen LogP contribution in [0, 0.1) is 0 Å². The molecule has 0 spiro atoms. The Kier molecular flexibility index (Phi) is 6.95. The number of hydrogen-bond donors (Lipinski definition) is 3. The Labute approximate surface area is 166 Å². The van der Waals surface area contributed by atoms with Crippen LogP contribution >= 0.6 is 23.1 Å². The van der Waals surface area contributed by atoms with Gasteiger partial charge in [-0.15, -0.1) is 11.8 Å². The number of carboxylic acids is 1. The maximum atomic E-state index is 13.0. The van der Waals surface area contributed by atoms with Crippen molar-refractivity contribution in [2.45, 2.75) is 61.2 Å². The van der Waals surface area contributed by atoms with Crippen LogP contribution in [0.4, 0.5) is 9.93 Å². The van der Waals surface area contributed by atoms with E-state index in [1.165, 1.54) is 29.5 Å². The Morgan fingerprint density at radius 1 is 1.30 bits per heavy atom. The topological polar surface area (TPSA) is 112 Å². The molecule has 1 aromatic heterocycles. The molecule has 1 aliphatic carbocycles. The van der Waals surface area contributed by atoms with Crippen LogP contribution in [0.5, 0.6) is 0 Å². The van der Waals surface area contributed by atoms with Crippen molar-refractivity contribution in [3.8, 4) is 0 Å². The highest BCUT2D eigenvalue weighted by atomic mass is 32.2. The number of carbonyl (C=O) groups is 3. The largest absolute Gasteiger partial charge is 0.481 e. The SMILES string of the molecule is O=C(O)CSc1cnc(NC(=O)N(C2CCCCC2)[C@H]2CCC(=O)NC2)s1. The third-order valence-corrected chi connectivity index (χ3v) is 6.96. The first-order valence-electron chi connectivity index (χ1n) is 9.19. The molecule has 1 saturated carbocycles. The summed E-state index contributed by atoms with van der Waals surface area (Å²) in [6.45, 7) is 0.486. The van der Waals surface area contributed by atoms with E-state index in [0.717, 1.165) is 29.9 Å². The predicted molar refractivity (Wildman–Crippen MR) is 104 cm³/mol. The average molecular weight is 413 g/mol. The lowest BCUT2D eigenvalue weighted by molar-refractivity contribution is -0.134. The summed E-state index contributed by atoms with van der Waals surface area (Å²) >= 11 is 2.46. The summed E-state index contributed by atoms with van der Waals surface area (Å²) in [6.07, 6.45) is 8.08. The quantitative estimate of drug-likeness (QED) is 0.620. The molecule has 3 N–H and O–H groups in total. The molecule has 0 unspecified atom stereocenters. The number of urea groups is 1. The Morgan fingerprint density at radius 3 is 2.74 bits per heavy atom. The summed E-state index contributed by atoms with van der Waals surface area (Å²) in [4.78, 5) is 41.3. The fourth-order valence-electron chi connectivity index (χ4n) is 3.62. The van der Waals surface area contributed by atoms with Gasteiger partial charge < -0.3 is 15.3 Å². The second-order valence-electron chi connectivity index (χ2n) is 6.79. The summed E-state index contributed by atoms with van der Waals surface area (Å²) in [5, 5.41) is 15.0. The zero-order chi connectivity index (χ0) is 19.2. The first-order chi connectivity index (χ1) is 13.0. The van der Waals surface area contributed by atoms with Crippen molar-refractivity contribution in [1.29, 1.82) is 0 Å². The van der Waals surface area contributed by atoms with Crippen LogP contribution in [0.25, 0.3) is 0 Å². The van der Waals surface area contributed by atoms with Gasteiger partial charge in [-0.3, -0.25) is 14.9 Å². The van der Waals surface area contributed by atoms with Crippen LogP contribution in [0.3, 0.4) is 0 Å². The lowest BCUT2D eigenvalue weighted by atomic mass is 9.92. The summed E-state index contributed by atoms with van der Waals surface area (Å²) in [5.74, 6) is -0.886. The minimum atomic E-state index is -0.887. The minimum absolute atomic E-state index is 0.00776. The Balaban J connectivity index is 1.66. The molecule has 0 radical (unpaired) electrons. The van der Waals surface area contributed by atoms with E-state index in [1.807, 2.05) is 4.90 Å². The number of rotatable bonds is 6. The Hall–Kier alpha value is -1.81. The summed E-state index contributed by atoms with van der Waals surface area (Å²) in [7, 11) is 0. The highest BCUT2D eigenvalue weighted by Gasteiger charge is 2.34. The number of aromatic nitrogens is 1. The molecule has 1 atom stereocenters. The van der Waals surface area contributed by atoms with Gasteiger partial charge in [0.15, 0.2) is 5.13 Å². The maximum Gasteiger partial charge on any atom is 0.324 e. The van der Waals surface area contributed by atoms with Crippen molar-refractivity contribution in [2.75, 3.05) is 17.6 Å². The number of carboxylic acid groups (broad SMARTS) is 1. The molecular formula is C17H24N4O4S2. The number of aliphatic carboxylic acids is 1. The summed E-state index contributed by atoms with van der Waals surface area (Å²) in [5.41, 5.74) is 0. The number of carbonyl (C=O) groups excluding carboxylic acids is 2. The van der Waals surface area contributed by atoms with Gasteiger partial charge in [0.25, 0.3) is 0 Å². The van der Waals surface area contributed by atoms with Gasteiger partial charge in [0.2, 0.25) is 5.91 Å². The van der Waals surface area contributed by atoms with Gasteiger partial charge >= 0.3 is 12.0 Å². The molecule has 10 heteroatoms. The zero-order valence-electron chi connectivity index (χ0n) is 15.0. The first-order valence-corrected chi connectivity index (χ1v) is 11.0. The minimum Gasteiger partial charge on any atom is -0.481 e. The molecule has 1 saturated heterocycles. The van der Waals surface area contributed by atoms with Crippen LogP contribution < -0.4 is 10.6 Å². The Bertz CT molecular complexity index is 680. The van der Waals surface area contributed by atoms with E-state index in [-0.39, 0.29) is 29.8 Å². The summed E-state index contributed by atoms with van der Waals surface area (Å²) < 4.78 is 0.752. The van der Waals surface area contributed by atoms with Crippen LogP contribution in [-0.4, -0.2) is 57.3 Å². The zero-order valence-corrected chi connectivity index (χ0v) is 16.6. The number of nitrogens with zero attached hydrogens (tertiary/aromatic N) is 2. The van der Waals surface area contributed by atoms with E-state index < -0.39 is 5.97 Å². The number of thioether (sulfide) groups is 1. The fourth-order valence-corrected chi connectivity index (χ4v) is 5.20. The molecule has 2 fully saturated rings. The number of nitrogens with one attached hydrogen (secondary N) is 2. The molecule has 1 aliphatic heterocycles. The maximum absolute atomic E-state index is 13.0. The van der Waals surface area contributed by atoms with Crippen molar-refractivity contribution in [1.82, 2.24) is 15.2 Å². The number of amides is 3. The smallest absolute Gasteiger partial charge is 0.324 e. The van der Waals surface area contributed by atoms with Gasteiger partial charge in [0, 0.05) is 19.0 Å². The molecule has 8 nitrogen and oxygen atoms in total. The van der Waals surface area contributed by atoms with Gasteiger partial charge in [-0.25, -0.2) is 9.78 Å². The van der Waals surface area contributed by atoms with Crippen molar-refractivity contribution in [3.05, 3.63) is 6.20 Å². The van der Waals surface area contributed by atoms with Crippen molar-refractivity contribution in [2.24, 2.45) is 0 Å². The van der Waals surface area contributed by atoms with Crippen LogP contribution in [-0.2, 0) is 9.59 Å². The highest BCUT2D eigenvalue weighted by molar-refractivity contribution is 8.01. The van der Waals surface area contributed by atoms with Crippen LogP contribution in [0.1, 0.15) is 44.9 Å². The highest BCUT2D eigenvalue weighted by Crippen LogP contribution is 2.30. The van der Waals surface area contributed by atoms with Gasteiger partial charge in [-0.1, -0.05) is 30.6 Å². The lowest BCUT2D eigenvalue weighted by Gasteiger charge is -2.41. The number of piperidine rings is 1. The van der Waals surface area contributed by atoms with Crippen LogP contribution in [0.15, 0.2) is 10.4 Å². The van der Waals surface area contributed by atoms with E-state index in [2.05, 4.69) is 15.6 Å². The molecule has 0 aromatic carbocycles. The monoisotopic (exact) mass is 412 g/mol. The molecule has 148 valence electrons. The molecule has 27 heavy (non-hydrogen) atoms.